The van der Waals surface area contributed by atoms with Crippen molar-refractivity contribution in [3.63, 3.8) is 0 Å². The molecular weight excluding hydrogens is 294 g/mol. The summed E-state index contributed by atoms with van der Waals surface area (Å²) in [6, 6.07) is 0.296. The van der Waals surface area contributed by atoms with Crippen LogP contribution in [0.15, 0.2) is 4.52 Å². The van der Waals surface area contributed by atoms with Crippen molar-refractivity contribution < 1.29 is 9.26 Å². The second-order valence-corrected chi connectivity index (χ2v) is 8.34. The average Bonchev–Trinajstić information content (AvgIpc) is 2.91. The van der Waals surface area contributed by atoms with E-state index in [2.05, 4.69) is 29.3 Å². The van der Waals surface area contributed by atoms with Crippen LogP contribution in [0.5, 0.6) is 0 Å². The van der Waals surface area contributed by atoms with Crippen molar-refractivity contribution in [3.05, 3.63) is 11.7 Å². The first-order valence-corrected chi connectivity index (χ1v) is 9.12. The van der Waals surface area contributed by atoms with Crippen molar-refractivity contribution in [2.24, 2.45) is 0 Å². The van der Waals surface area contributed by atoms with Crippen molar-refractivity contribution in [2.45, 2.75) is 42.1 Å². The summed E-state index contributed by atoms with van der Waals surface area (Å²) in [4.78, 5) is 4.58. The van der Waals surface area contributed by atoms with E-state index in [-0.39, 0.29) is 0 Å². The number of morpholine rings is 1. The lowest BCUT2D eigenvalue weighted by molar-refractivity contribution is 0.0744. The normalized spacial score (nSPS) is 35.1. The molecule has 1 N–H and O–H groups in total. The molecule has 0 amide bonds. The lowest BCUT2D eigenvalue weighted by Crippen LogP contribution is -2.42. The molecular formula is C13H21N3O2S2. The smallest absolute Gasteiger partial charge is 0.228 e. The standard InChI is InChI=1S/C13H21N3O2S2/c1-8-9(2)20-11(7-19-8)13-15-12(18-16-13)5-10-6-17-4-3-14-10/h8-11,14H,3-7H2,1-2H3. The van der Waals surface area contributed by atoms with Crippen LogP contribution < -0.4 is 5.32 Å². The predicted octanol–water partition coefficient (Wildman–Crippen LogP) is 1.90. The largest absolute Gasteiger partial charge is 0.378 e. The Morgan fingerprint density at radius 1 is 1.35 bits per heavy atom. The van der Waals surface area contributed by atoms with Gasteiger partial charge < -0.3 is 14.6 Å². The molecule has 3 rings (SSSR count). The number of hydrogen-bond donors (Lipinski definition) is 1. The maximum absolute atomic E-state index is 5.44. The molecule has 0 aliphatic carbocycles. The average molecular weight is 315 g/mol. The molecule has 2 aliphatic rings. The van der Waals surface area contributed by atoms with Crippen LogP contribution >= 0.6 is 23.5 Å². The first kappa shape index (κ1) is 14.7. The van der Waals surface area contributed by atoms with Crippen LogP contribution in [-0.2, 0) is 11.2 Å². The number of thioether (sulfide) groups is 2. The van der Waals surface area contributed by atoms with Gasteiger partial charge in [-0.2, -0.15) is 16.7 Å². The van der Waals surface area contributed by atoms with Gasteiger partial charge >= 0.3 is 0 Å². The molecule has 3 heterocycles. The summed E-state index contributed by atoms with van der Waals surface area (Å²) in [5, 5.41) is 9.28. The number of nitrogens with zero attached hydrogens (tertiary/aromatic N) is 2. The van der Waals surface area contributed by atoms with Crippen molar-refractivity contribution in [3.8, 4) is 0 Å². The van der Waals surface area contributed by atoms with Crippen molar-refractivity contribution in [1.29, 1.82) is 0 Å². The van der Waals surface area contributed by atoms with Crippen molar-refractivity contribution in [1.82, 2.24) is 15.5 Å². The maximum Gasteiger partial charge on any atom is 0.228 e. The van der Waals surface area contributed by atoms with E-state index in [9.17, 15) is 0 Å². The van der Waals surface area contributed by atoms with Gasteiger partial charge in [0.2, 0.25) is 5.89 Å². The van der Waals surface area contributed by atoms with E-state index >= 15 is 0 Å². The van der Waals surface area contributed by atoms with Crippen LogP contribution in [0.4, 0.5) is 0 Å². The van der Waals surface area contributed by atoms with Crippen LogP contribution in [0.2, 0.25) is 0 Å². The fourth-order valence-electron chi connectivity index (χ4n) is 2.36. The van der Waals surface area contributed by atoms with E-state index in [1.54, 1.807) is 0 Å². The molecule has 0 saturated carbocycles. The molecule has 112 valence electrons. The highest BCUT2D eigenvalue weighted by Gasteiger charge is 2.30. The number of ether oxygens (including phenoxy) is 1. The fraction of sp³-hybridized carbons (Fsp3) is 0.846. The fourth-order valence-corrected chi connectivity index (χ4v) is 5.20. The minimum absolute atomic E-state index is 0.296. The molecule has 4 atom stereocenters. The first-order chi connectivity index (χ1) is 9.72. The van der Waals surface area contributed by atoms with Gasteiger partial charge in [-0.25, -0.2) is 0 Å². The van der Waals surface area contributed by atoms with Gasteiger partial charge in [0.15, 0.2) is 5.82 Å². The van der Waals surface area contributed by atoms with Gasteiger partial charge in [0.05, 0.1) is 18.5 Å². The van der Waals surface area contributed by atoms with Gasteiger partial charge in [0.25, 0.3) is 0 Å². The maximum atomic E-state index is 5.44. The predicted molar refractivity (Wildman–Crippen MR) is 82.3 cm³/mol. The van der Waals surface area contributed by atoms with Gasteiger partial charge in [0.1, 0.15) is 0 Å². The zero-order valence-corrected chi connectivity index (χ0v) is 13.5. The molecule has 5 nitrogen and oxygen atoms in total. The lowest BCUT2D eigenvalue weighted by Gasteiger charge is -2.29. The summed E-state index contributed by atoms with van der Waals surface area (Å²) >= 11 is 3.96. The quantitative estimate of drug-likeness (QED) is 0.914. The summed E-state index contributed by atoms with van der Waals surface area (Å²) < 4.78 is 10.8. The van der Waals surface area contributed by atoms with Gasteiger partial charge in [-0.05, 0) is 0 Å². The molecule has 1 aromatic heterocycles. The van der Waals surface area contributed by atoms with E-state index in [1.165, 1.54) is 0 Å². The summed E-state index contributed by atoms with van der Waals surface area (Å²) in [6.45, 7) is 6.97. The Morgan fingerprint density at radius 3 is 3.00 bits per heavy atom. The molecule has 0 spiro atoms. The van der Waals surface area contributed by atoms with E-state index in [1.807, 2.05) is 23.5 Å². The molecule has 0 aromatic carbocycles. The highest BCUT2D eigenvalue weighted by atomic mass is 32.2. The SMILES string of the molecule is CC1SCC(c2noc(CC3COCCN3)n2)SC1C. The Bertz CT molecular complexity index is 437. The third kappa shape index (κ3) is 3.50. The summed E-state index contributed by atoms with van der Waals surface area (Å²) in [5.41, 5.74) is 0. The van der Waals surface area contributed by atoms with Gasteiger partial charge in [-0.3, -0.25) is 0 Å². The minimum atomic E-state index is 0.296. The van der Waals surface area contributed by atoms with Crippen LogP contribution in [0.25, 0.3) is 0 Å². The van der Waals surface area contributed by atoms with Crippen LogP contribution in [-0.4, -0.2) is 52.2 Å². The Kier molecular flexibility index (Phi) is 4.91. The van der Waals surface area contributed by atoms with Crippen molar-refractivity contribution in [2.75, 3.05) is 25.5 Å². The summed E-state index contributed by atoms with van der Waals surface area (Å²) in [5.74, 6) is 2.65. The Balaban J connectivity index is 1.58. The summed E-state index contributed by atoms with van der Waals surface area (Å²) in [6.07, 6.45) is 0.753. The monoisotopic (exact) mass is 315 g/mol. The van der Waals surface area contributed by atoms with Crippen LogP contribution in [0.1, 0.15) is 30.8 Å². The number of nitrogens with one attached hydrogen (secondary N) is 1. The second kappa shape index (κ2) is 6.68. The highest BCUT2D eigenvalue weighted by molar-refractivity contribution is 8.07. The first-order valence-electron chi connectivity index (χ1n) is 7.13. The number of aromatic nitrogens is 2. The van der Waals surface area contributed by atoms with Crippen molar-refractivity contribution >= 4 is 23.5 Å². The molecule has 0 bridgehead atoms. The van der Waals surface area contributed by atoms with Gasteiger partial charge in [0, 0.05) is 35.3 Å². The highest BCUT2D eigenvalue weighted by Crippen LogP contribution is 2.43. The number of rotatable bonds is 3. The van der Waals surface area contributed by atoms with E-state index in [4.69, 9.17) is 9.26 Å². The Labute approximate surface area is 128 Å². The van der Waals surface area contributed by atoms with Crippen LogP contribution in [0, 0.1) is 0 Å². The van der Waals surface area contributed by atoms with E-state index in [0.717, 1.165) is 43.6 Å². The Morgan fingerprint density at radius 2 is 2.25 bits per heavy atom. The zero-order valence-electron chi connectivity index (χ0n) is 11.9. The second-order valence-electron chi connectivity index (χ2n) is 5.34. The molecule has 4 unspecified atom stereocenters. The molecule has 0 radical (unpaired) electrons. The molecule has 2 saturated heterocycles. The summed E-state index contributed by atoms with van der Waals surface area (Å²) in [7, 11) is 0. The Hall–Kier alpha value is -0.240. The van der Waals surface area contributed by atoms with Gasteiger partial charge in [-0.15, -0.1) is 11.8 Å². The molecule has 20 heavy (non-hydrogen) atoms. The topological polar surface area (TPSA) is 60.2 Å². The van der Waals surface area contributed by atoms with Crippen LogP contribution in [0.3, 0.4) is 0 Å². The number of hydrogen-bond acceptors (Lipinski definition) is 7. The lowest BCUT2D eigenvalue weighted by atomic mass is 10.2. The van der Waals surface area contributed by atoms with E-state index in [0.29, 0.717) is 21.8 Å². The third-order valence-corrected chi connectivity index (χ3v) is 7.13. The molecule has 7 heteroatoms. The zero-order chi connectivity index (χ0) is 13.9. The molecule has 2 aliphatic heterocycles. The third-order valence-electron chi connectivity index (χ3n) is 3.74. The van der Waals surface area contributed by atoms with Gasteiger partial charge in [-0.1, -0.05) is 19.0 Å². The molecule has 2 fully saturated rings. The minimum Gasteiger partial charge on any atom is -0.378 e. The van der Waals surface area contributed by atoms with E-state index < -0.39 is 0 Å². The molecule has 1 aromatic rings.